The molecule has 0 aliphatic heterocycles. The lowest BCUT2D eigenvalue weighted by molar-refractivity contribution is -0.129. The molecule has 2 aromatic rings. The first-order valence-corrected chi connectivity index (χ1v) is 6.36. The molecule has 0 aliphatic rings. The molecule has 0 unspecified atom stereocenters. The normalized spacial score (nSPS) is 11.7. The average Bonchev–Trinajstić information content (AvgIpc) is 2.97. The maximum atomic E-state index is 11.8. The van der Waals surface area contributed by atoms with E-state index in [0.29, 0.717) is 5.76 Å². The summed E-state index contributed by atoms with van der Waals surface area (Å²) in [5.74, 6) is -0.541. The van der Waals surface area contributed by atoms with Gasteiger partial charge < -0.3 is 19.6 Å². The minimum Gasteiger partial charge on any atom is -0.508 e. The first-order chi connectivity index (χ1) is 10.1. The summed E-state index contributed by atoms with van der Waals surface area (Å²) in [5.41, 5.74) is 0.181. The van der Waals surface area contributed by atoms with Gasteiger partial charge in [0.05, 0.1) is 18.4 Å². The summed E-state index contributed by atoms with van der Waals surface area (Å²) in [5, 5.41) is 11.9. The number of carbonyl (C=O) groups is 2. The van der Waals surface area contributed by atoms with Gasteiger partial charge in [-0.1, -0.05) is 6.07 Å². The van der Waals surface area contributed by atoms with Crippen LogP contribution in [0.1, 0.15) is 23.0 Å². The lowest BCUT2D eigenvalue weighted by Crippen LogP contribution is -2.35. The highest BCUT2D eigenvalue weighted by molar-refractivity contribution is 5.92. The smallest absolute Gasteiger partial charge is 0.339 e. The fourth-order valence-electron chi connectivity index (χ4n) is 1.65. The predicted molar refractivity (Wildman–Crippen MR) is 73.5 cm³/mol. The first-order valence-electron chi connectivity index (χ1n) is 6.36. The minimum absolute atomic E-state index is 0.0422. The van der Waals surface area contributed by atoms with Gasteiger partial charge in [0, 0.05) is 0 Å². The third kappa shape index (κ3) is 4.10. The summed E-state index contributed by atoms with van der Waals surface area (Å²) < 4.78 is 10.1. The molecule has 0 fully saturated rings. The van der Waals surface area contributed by atoms with Gasteiger partial charge in [-0.3, -0.25) is 4.79 Å². The Morgan fingerprint density at radius 1 is 1.33 bits per heavy atom. The Labute approximate surface area is 121 Å². The number of rotatable bonds is 5. The van der Waals surface area contributed by atoms with E-state index in [1.54, 1.807) is 12.1 Å². The molecule has 110 valence electrons. The number of phenolic OH excluding ortho intramolecular Hbond substituents is 1. The van der Waals surface area contributed by atoms with Crippen LogP contribution in [0.25, 0.3) is 0 Å². The third-order valence-electron chi connectivity index (χ3n) is 2.75. The number of esters is 1. The zero-order valence-corrected chi connectivity index (χ0v) is 11.4. The third-order valence-corrected chi connectivity index (χ3v) is 2.75. The van der Waals surface area contributed by atoms with Gasteiger partial charge in [0.1, 0.15) is 11.5 Å². The molecular weight excluding hydrogens is 274 g/mol. The van der Waals surface area contributed by atoms with E-state index in [2.05, 4.69) is 5.32 Å². The van der Waals surface area contributed by atoms with E-state index in [9.17, 15) is 14.7 Å². The standard InChI is InChI=1S/C15H15NO5/c1-10(14(18)16-9-13-6-3-7-20-13)21-15(19)11-4-2-5-12(17)8-11/h2-8,10,17H,9H2,1H3,(H,16,18)/t10-/m1/s1. The first kappa shape index (κ1) is 14.6. The number of furan rings is 1. The van der Waals surface area contributed by atoms with Crippen LogP contribution in [0.15, 0.2) is 47.1 Å². The summed E-state index contributed by atoms with van der Waals surface area (Å²) in [6.45, 7) is 1.69. The fraction of sp³-hybridized carbons (Fsp3) is 0.200. The number of phenols is 1. The monoisotopic (exact) mass is 289 g/mol. The maximum absolute atomic E-state index is 11.8. The maximum Gasteiger partial charge on any atom is 0.339 e. The fourth-order valence-corrected chi connectivity index (χ4v) is 1.65. The lowest BCUT2D eigenvalue weighted by Gasteiger charge is -2.13. The number of hydrogen-bond donors (Lipinski definition) is 2. The van der Waals surface area contributed by atoms with Gasteiger partial charge >= 0.3 is 5.97 Å². The molecule has 2 rings (SSSR count). The lowest BCUT2D eigenvalue weighted by atomic mass is 10.2. The number of amides is 1. The SMILES string of the molecule is C[C@@H](OC(=O)c1cccc(O)c1)C(=O)NCc1ccco1. The summed E-state index contributed by atoms with van der Waals surface area (Å²) in [6.07, 6.45) is 0.558. The molecule has 0 bridgehead atoms. The van der Waals surface area contributed by atoms with Crippen molar-refractivity contribution in [3.8, 4) is 5.75 Å². The summed E-state index contributed by atoms with van der Waals surface area (Å²) in [7, 11) is 0. The molecule has 1 aromatic heterocycles. The number of ether oxygens (including phenoxy) is 1. The number of aromatic hydroxyl groups is 1. The van der Waals surface area contributed by atoms with Crippen LogP contribution in [-0.2, 0) is 16.1 Å². The van der Waals surface area contributed by atoms with Crippen LogP contribution in [0.5, 0.6) is 5.75 Å². The molecule has 1 amide bonds. The van der Waals surface area contributed by atoms with Crippen LogP contribution in [0.4, 0.5) is 0 Å². The Kier molecular flexibility index (Phi) is 4.61. The van der Waals surface area contributed by atoms with Crippen molar-refractivity contribution in [2.24, 2.45) is 0 Å². The predicted octanol–water partition coefficient (Wildman–Crippen LogP) is 1.85. The Bertz CT molecular complexity index is 621. The molecule has 0 saturated carbocycles. The Morgan fingerprint density at radius 2 is 2.14 bits per heavy atom. The van der Waals surface area contributed by atoms with Crippen molar-refractivity contribution in [2.45, 2.75) is 19.6 Å². The average molecular weight is 289 g/mol. The molecule has 6 nitrogen and oxygen atoms in total. The van der Waals surface area contributed by atoms with Gasteiger partial charge in [0.2, 0.25) is 0 Å². The zero-order chi connectivity index (χ0) is 15.2. The number of hydrogen-bond acceptors (Lipinski definition) is 5. The molecule has 1 atom stereocenters. The zero-order valence-electron chi connectivity index (χ0n) is 11.4. The van der Waals surface area contributed by atoms with Crippen LogP contribution in [0.3, 0.4) is 0 Å². The van der Waals surface area contributed by atoms with E-state index < -0.39 is 18.0 Å². The summed E-state index contributed by atoms with van der Waals surface area (Å²) >= 11 is 0. The van der Waals surface area contributed by atoms with Crippen molar-refractivity contribution in [2.75, 3.05) is 0 Å². The molecule has 2 N–H and O–H groups in total. The van der Waals surface area contributed by atoms with Crippen molar-refractivity contribution < 1.29 is 23.8 Å². The van der Waals surface area contributed by atoms with Crippen molar-refractivity contribution in [1.82, 2.24) is 5.32 Å². The largest absolute Gasteiger partial charge is 0.508 e. The van der Waals surface area contributed by atoms with Crippen molar-refractivity contribution >= 4 is 11.9 Å². The van der Waals surface area contributed by atoms with Gasteiger partial charge in [-0.2, -0.15) is 0 Å². The number of benzene rings is 1. The molecule has 0 radical (unpaired) electrons. The van der Waals surface area contributed by atoms with E-state index in [-0.39, 0.29) is 17.9 Å². The van der Waals surface area contributed by atoms with E-state index in [1.807, 2.05) is 0 Å². The van der Waals surface area contributed by atoms with Crippen LogP contribution in [0.2, 0.25) is 0 Å². The van der Waals surface area contributed by atoms with Crippen LogP contribution in [0, 0.1) is 0 Å². The van der Waals surface area contributed by atoms with Gasteiger partial charge in [0.15, 0.2) is 6.10 Å². The summed E-state index contributed by atoms with van der Waals surface area (Å²) in [6, 6.07) is 9.17. The highest BCUT2D eigenvalue weighted by Gasteiger charge is 2.19. The van der Waals surface area contributed by atoms with E-state index in [4.69, 9.17) is 9.15 Å². The second-order valence-electron chi connectivity index (χ2n) is 4.40. The minimum atomic E-state index is -0.949. The number of nitrogens with one attached hydrogen (secondary N) is 1. The van der Waals surface area contributed by atoms with E-state index in [0.717, 1.165) is 0 Å². The van der Waals surface area contributed by atoms with E-state index >= 15 is 0 Å². The van der Waals surface area contributed by atoms with Crippen molar-refractivity contribution in [3.05, 3.63) is 54.0 Å². The Morgan fingerprint density at radius 3 is 2.81 bits per heavy atom. The Hall–Kier alpha value is -2.76. The molecular formula is C15H15NO5. The highest BCUT2D eigenvalue weighted by atomic mass is 16.5. The van der Waals surface area contributed by atoms with Crippen LogP contribution < -0.4 is 5.32 Å². The molecule has 1 heterocycles. The number of carbonyl (C=O) groups excluding carboxylic acids is 2. The summed E-state index contributed by atoms with van der Waals surface area (Å²) in [4.78, 5) is 23.6. The van der Waals surface area contributed by atoms with Gasteiger partial charge in [0.25, 0.3) is 5.91 Å². The van der Waals surface area contributed by atoms with Crippen molar-refractivity contribution in [3.63, 3.8) is 0 Å². The van der Waals surface area contributed by atoms with Gasteiger partial charge in [-0.05, 0) is 37.3 Å². The van der Waals surface area contributed by atoms with Crippen LogP contribution >= 0.6 is 0 Å². The van der Waals surface area contributed by atoms with Gasteiger partial charge in [-0.25, -0.2) is 4.79 Å². The topological polar surface area (TPSA) is 88.8 Å². The Balaban J connectivity index is 1.86. The second-order valence-corrected chi connectivity index (χ2v) is 4.40. The molecule has 6 heteroatoms. The van der Waals surface area contributed by atoms with E-state index in [1.165, 1.54) is 37.5 Å². The highest BCUT2D eigenvalue weighted by Crippen LogP contribution is 2.12. The molecule has 0 spiro atoms. The second kappa shape index (κ2) is 6.60. The molecule has 0 saturated heterocycles. The van der Waals surface area contributed by atoms with Crippen LogP contribution in [-0.4, -0.2) is 23.1 Å². The van der Waals surface area contributed by atoms with Crippen molar-refractivity contribution in [1.29, 1.82) is 0 Å². The molecule has 0 aliphatic carbocycles. The molecule has 21 heavy (non-hydrogen) atoms. The molecule has 1 aromatic carbocycles. The van der Waals surface area contributed by atoms with Gasteiger partial charge in [-0.15, -0.1) is 0 Å². The quantitative estimate of drug-likeness (QED) is 0.820.